The standard InChI is InChI=1S/C21H24N4O2/c1-15-5-6-20(27-4)17(13-15)19-14-18(23-25(19)3)21(26)24(2)12-9-16-7-10-22-11-8-16/h5-8,10-11,13-14H,9,12H2,1-4H3. The molecule has 140 valence electrons. The second-order valence-corrected chi connectivity index (χ2v) is 6.57. The molecule has 3 rings (SSSR count). The Kier molecular flexibility index (Phi) is 5.54. The van der Waals surface area contributed by atoms with Gasteiger partial charge in [-0.15, -0.1) is 0 Å². The third-order valence-corrected chi connectivity index (χ3v) is 4.56. The van der Waals surface area contributed by atoms with Crippen molar-refractivity contribution in [3.05, 3.63) is 65.6 Å². The third-order valence-electron chi connectivity index (χ3n) is 4.56. The molecule has 0 spiro atoms. The number of benzene rings is 1. The van der Waals surface area contributed by atoms with Crippen LogP contribution in [0.5, 0.6) is 5.75 Å². The monoisotopic (exact) mass is 364 g/mol. The summed E-state index contributed by atoms with van der Waals surface area (Å²) in [7, 11) is 5.28. The van der Waals surface area contributed by atoms with Crippen molar-refractivity contribution in [2.75, 3.05) is 20.7 Å². The van der Waals surface area contributed by atoms with Crippen LogP contribution in [0.3, 0.4) is 0 Å². The van der Waals surface area contributed by atoms with E-state index in [0.717, 1.165) is 34.6 Å². The van der Waals surface area contributed by atoms with Gasteiger partial charge in [-0.2, -0.15) is 5.10 Å². The maximum absolute atomic E-state index is 12.8. The Bertz CT molecular complexity index is 935. The molecule has 0 unspecified atom stereocenters. The summed E-state index contributed by atoms with van der Waals surface area (Å²) in [5.74, 6) is 0.658. The van der Waals surface area contributed by atoms with E-state index in [4.69, 9.17) is 4.74 Å². The molecular weight excluding hydrogens is 340 g/mol. The summed E-state index contributed by atoms with van der Waals surface area (Å²) in [5.41, 5.74) is 4.46. The molecule has 0 saturated carbocycles. The summed E-state index contributed by atoms with van der Waals surface area (Å²) in [6, 6.07) is 11.7. The highest BCUT2D eigenvalue weighted by Crippen LogP contribution is 2.31. The van der Waals surface area contributed by atoms with Crippen molar-refractivity contribution in [1.82, 2.24) is 19.7 Å². The lowest BCUT2D eigenvalue weighted by Gasteiger charge is -2.15. The molecule has 1 amide bonds. The summed E-state index contributed by atoms with van der Waals surface area (Å²) < 4.78 is 7.20. The van der Waals surface area contributed by atoms with Crippen molar-refractivity contribution >= 4 is 5.91 Å². The van der Waals surface area contributed by atoms with E-state index in [1.165, 1.54) is 0 Å². The molecule has 0 bridgehead atoms. The molecule has 0 saturated heterocycles. The molecule has 2 heterocycles. The van der Waals surface area contributed by atoms with Gasteiger partial charge in [-0.25, -0.2) is 0 Å². The zero-order valence-electron chi connectivity index (χ0n) is 16.1. The molecule has 0 radical (unpaired) electrons. The summed E-state index contributed by atoms with van der Waals surface area (Å²) in [5, 5.41) is 4.43. The first-order chi connectivity index (χ1) is 13.0. The van der Waals surface area contributed by atoms with E-state index in [1.807, 2.05) is 50.4 Å². The zero-order valence-corrected chi connectivity index (χ0v) is 16.1. The summed E-state index contributed by atoms with van der Waals surface area (Å²) in [4.78, 5) is 18.5. The summed E-state index contributed by atoms with van der Waals surface area (Å²) >= 11 is 0. The summed E-state index contributed by atoms with van der Waals surface area (Å²) in [6.45, 7) is 2.64. The second kappa shape index (κ2) is 8.03. The van der Waals surface area contributed by atoms with E-state index < -0.39 is 0 Å². The Morgan fingerprint density at radius 1 is 1.19 bits per heavy atom. The van der Waals surface area contributed by atoms with Gasteiger partial charge in [-0.05, 0) is 49.2 Å². The first-order valence-electron chi connectivity index (χ1n) is 8.83. The van der Waals surface area contributed by atoms with E-state index in [1.54, 1.807) is 36.1 Å². The van der Waals surface area contributed by atoms with Crippen molar-refractivity contribution in [3.8, 4) is 17.0 Å². The highest BCUT2D eigenvalue weighted by Gasteiger charge is 2.19. The van der Waals surface area contributed by atoms with E-state index in [9.17, 15) is 4.79 Å². The molecule has 3 aromatic rings. The fraction of sp³-hybridized carbons (Fsp3) is 0.286. The lowest BCUT2D eigenvalue weighted by atomic mass is 10.1. The van der Waals surface area contributed by atoms with E-state index in [2.05, 4.69) is 10.1 Å². The van der Waals surface area contributed by atoms with Gasteiger partial charge in [-0.3, -0.25) is 14.5 Å². The topological polar surface area (TPSA) is 60.2 Å². The average Bonchev–Trinajstić information content (AvgIpc) is 3.07. The lowest BCUT2D eigenvalue weighted by Crippen LogP contribution is -2.29. The molecule has 0 atom stereocenters. The SMILES string of the molecule is COc1ccc(C)cc1-c1cc(C(=O)N(C)CCc2ccncc2)nn1C. The maximum atomic E-state index is 12.8. The number of amides is 1. The number of aryl methyl sites for hydroxylation is 2. The molecule has 0 N–H and O–H groups in total. The smallest absolute Gasteiger partial charge is 0.274 e. The van der Waals surface area contributed by atoms with Crippen LogP contribution in [0.2, 0.25) is 0 Å². The van der Waals surface area contributed by atoms with Crippen LogP contribution in [0, 0.1) is 6.92 Å². The Morgan fingerprint density at radius 2 is 1.93 bits per heavy atom. The molecule has 6 heteroatoms. The minimum absolute atomic E-state index is 0.0995. The third kappa shape index (κ3) is 4.16. The molecule has 1 aromatic carbocycles. The number of carbonyl (C=O) groups is 1. The van der Waals surface area contributed by atoms with Gasteiger partial charge < -0.3 is 9.64 Å². The number of carbonyl (C=O) groups excluding carboxylic acids is 1. The number of hydrogen-bond acceptors (Lipinski definition) is 4. The highest BCUT2D eigenvalue weighted by atomic mass is 16.5. The van der Waals surface area contributed by atoms with Gasteiger partial charge in [-0.1, -0.05) is 11.6 Å². The van der Waals surface area contributed by atoms with E-state index >= 15 is 0 Å². The first-order valence-corrected chi connectivity index (χ1v) is 8.83. The minimum atomic E-state index is -0.0995. The number of nitrogens with zero attached hydrogens (tertiary/aromatic N) is 4. The number of hydrogen-bond donors (Lipinski definition) is 0. The van der Waals surface area contributed by atoms with Crippen LogP contribution in [0.15, 0.2) is 48.8 Å². The predicted octanol–water partition coefficient (Wildman–Crippen LogP) is 3.11. The fourth-order valence-electron chi connectivity index (χ4n) is 2.99. The molecule has 2 aromatic heterocycles. The van der Waals surface area contributed by atoms with E-state index in [0.29, 0.717) is 12.2 Å². The van der Waals surface area contributed by atoms with Crippen molar-refractivity contribution in [3.63, 3.8) is 0 Å². The normalized spacial score (nSPS) is 10.7. The van der Waals surface area contributed by atoms with Gasteiger partial charge in [0.15, 0.2) is 5.69 Å². The number of rotatable bonds is 6. The highest BCUT2D eigenvalue weighted by molar-refractivity contribution is 5.93. The van der Waals surface area contributed by atoms with Gasteiger partial charge in [0.25, 0.3) is 5.91 Å². The maximum Gasteiger partial charge on any atom is 0.274 e. The molecule has 0 fully saturated rings. The minimum Gasteiger partial charge on any atom is -0.496 e. The van der Waals surface area contributed by atoms with Crippen LogP contribution >= 0.6 is 0 Å². The molecule has 0 aliphatic heterocycles. The quantitative estimate of drug-likeness (QED) is 0.674. The van der Waals surface area contributed by atoms with Gasteiger partial charge in [0, 0.05) is 38.6 Å². The molecule has 27 heavy (non-hydrogen) atoms. The van der Waals surface area contributed by atoms with E-state index in [-0.39, 0.29) is 5.91 Å². The Hall–Kier alpha value is -3.15. The Balaban J connectivity index is 1.79. The van der Waals surface area contributed by atoms with Crippen LogP contribution in [-0.4, -0.2) is 46.3 Å². The zero-order chi connectivity index (χ0) is 19.4. The summed E-state index contributed by atoms with van der Waals surface area (Å²) in [6.07, 6.45) is 4.30. The van der Waals surface area contributed by atoms with Gasteiger partial charge in [0.1, 0.15) is 5.75 Å². The van der Waals surface area contributed by atoms with Crippen molar-refractivity contribution in [2.45, 2.75) is 13.3 Å². The van der Waals surface area contributed by atoms with Crippen molar-refractivity contribution in [1.29, 1.82) is 0 Å². The van der Waals surface area contributed by atoms with Gasteiger partial charge in [0.2, 0.25) is 0 Å². The first kappa shape index (κ1) is 18.6. The number of likely N-dealkylation sites (N-methyl/N-ethyl adjacent to an activating group) is 1. The number of ether oxygens (including phenoxy) is 1. The second-order valence-electron chi connectivity index (χ2n) is 6.57. The van der Waals surface area contributed by atoms with Crippen LogP contribution in [0.25, 0.3) is 11.3 Å². The van der Waals surface area contributed by atoms with Crippen LogP contribution in [-0.2, 0) is 13.5 Å². The van der Waals surface area contributed by atoms with Crippen LogP contribution in [0.4, 0.5) is 0 Å². The lowest BCUT2D eigenvalue weighted by molar-refractivity contribution is 0.0790. The Labute approximate surface area is 159 Å². The molecule has 0 aliphatic rings. The van der Waals surface area contributed by atoms with Gasteiger partial charge >= 0.3 is 0 Å². The van der Waals surface area contributed by atoms with Crippen molar-refractivity contribution in [2.24, 2.45) is 7.05 Å². The van der Waals surface area contributed by atoms with Crippen molar-refractivity contribution < 1.29 is 9.53 Å². The number of pyridine rings is 1. The molecule has 0 aliphatic carbocycles. The van der Waals surface area contributed by atoms with Crippen LogP contribution in [0.1, 0.15) is 21.6 Å². The van der Waals surface area contributed by atoms with Crippen LogP contribution < -0.4 is 4.74 Å². The Morgan fingerprint density at radius 3 is 2.63 bits per heavy atom. The van der Waals surface area contributed by atoms with Gasteiger partial charge in [0.05, 0.1) is 12.8 Å². The largest absolute Gasteiger partial charge is 0.496 e. The molecular formula is C21H24N4O2. The predicted molar refractivity (Wildman–Crippen MR) is 105 cm³/mol. The molecule has 6 nitrogen and oxygen atoms in total. The number of aromatic nitrogens is 3. The average molecular weight is 364 g/mol. The number of methoxy groups -OCH3 is 1. The fourth-order valence-corrected chi connectivity index (χ4v) is 2.99.